The molecule has 0 radical (unpaired) electrons. The number of carbonyl (C=O) groups is 4. The van der Waals surface area contributed by atoms with Crippen molar-refractivity contribution in [3.8, 4) is 17.2 Å². The first-order valence-electron chi connectivity index (χ1n) is 46.2. The van der Waals surface area contributed by atoms with Crippen molar-refractivity contribution in [3.05, 3.63) is 260 Å². The van der Waals surface area contributed by atoms with E-state index in [1.807, 2.05) is 130 Å². The van der Waals surface area contributed by atoms with Gasteiger partial charge in [0, 0.05) is 162 Å². The summed E-state index contributed by atoms with van der Waals surface area (Å²) < 4.78 is 52.6. The number of amides is 8. The molecule has 0 spiro atoms. The fourth-order valence-electron chi connectivity index (χ4n) is 18.1. The molecule has 9 aromatic carbocycles. The Balaban J connectivity index is 0.000000168. The molecule has 14 rings (SSSR count). The van der Waals surface area contributed by atoms with Crippen molar-refractivity contribution >= 4 is 98.1 Å². The highest BCUT2D eigenvalue weighted by Gasteiger charge is 2.37. The lowest BCUT2D eigenvalue weighted by Gasteiger charge is -2.40. The summed E-state index contributed by atoms with van der Waals surface area (Å²) in [5.41, 5.74) is 6.09. The van der Waals surface area contributed by atoms with Crippen molar-refractivity contribution in [1.82, 2.24) is 39.2 Å². The summed E-state index contributed by atoms with van der Waals surface area (Å²) in [6, 6.07) is 67.0. The molecule has 0 aromatic heterocycles. The second-order valence-corrected chi connectivity index (χ2v) is 35.9. The van der Waals surface area contributed by atoms with Gasteiger partial charge in [0.15, 0.2) is 11.5 Å². The molecule has 8 amide bonds. The lowest BCUT2D eigenvalue weighted by molar-refractivity contribution is -0.384. The molecule has 9 aromatic rings. The molecule has 0 aliphatic carbocycles. The summed E-state index contributed by atoms with van der Waals surface area (Å²) in [7, 11) is 0. The van der Waals surface area contributed by atoms with Crippen molar-refractivity contribution in [3.63, 3.8) is 0 Å². The minimum Gasteiger partial charge on any atom is -0.454 e. The van der Waals surface area contributed by atoms with Gasteiger partial charge in [-0.2, -0.15) is 0 Å². The molecule has 22 nitrogen and oxygen atoms in total. The zero-order valence-electron chi connectivity index (χ0n) is 76.3. The first kappa shape index (κ1) is 100. The van der Waals surface area contributed by atoms with Crippen molar-refractivity contribution in [2.45, 2.75) is 239 Å². The predicted octanol–water partition coefficient (Wildman–Crippen LogP) is 25.1. The minimum absolute atomic E-state index is 0.0100. The van der Waals surface area contributed by atoms with Crippen LogP contribution >= 0.6 is 34.8 Å². The van der Waals surface area contributed by atoms with Gasteiger partial charge in [0.2, 0.25) is 6.79 Å². The number of piperidine rings is 4. The third-order valence-electron chi connectivity index (χ3n) is 25.4. The van der Waals surface area contributed by atoms with E-state index in [1.54, 1.807) is 35.2 Å². The summed E-state index contributed by atoms with van der Waals surface area (Å²) in [4.78, 5) is 81.9. The predicted molar refractivity (Wildman–Crippen MR) is 518 cm³/mol. The minimum atomic E-state index is -4.79. The van der Waals surface area contributed by atoms with E-state index in [2.05, 4.69) is 137 Å². The Morgan fingerprint density at radius 1 is 0.400 bits per heavy atom. The number of rotatable bonds is 30. The Kier molecular flexibility index (Phi) is 38.8. The Bertz CT molecular complexity index is 5040. The fraction of sp³-hybridized carbons (Fsp3) is 0.451. The van der Waals surface area contributed by atoms with Gasteiger partial charge in [0.05, 0.1) is 15.0 Å². The lowest BCUT2D eigenvalue weighted by Crippen LogP contribution is -2.50. The third-order valence-corrected chi connectivity index (χ3v) is 26.4. The zero-order chi connectivity index (χ0) is 92.6. The monoisotopic (exact) mass is 1840 g/mol. The number of nitrogens with zero attached hydrogens (tertiary/aromatic N) is 9. The number of hydrogen-bond acceptors (Lipinski definition) is 13. The van der Waals surface area contributed by atoms with Crippen molar-refractivity contribution in [2.75, 3.05) is 80.4 Å². The number of nitrogens with one attached hydrogen (secondary N) is 4. The molecular weight excluding hydrogens is 1710 g/mol. The van der Waals surface area contributed by atoms with Crippen LogP contribution in [0.2, 0.25) is 15.1 Å². The number of anilines is 4. The molecule has 4 unspecified atom stereocenters. The molecule has 0 bridgehead atoms. The average molecular weight is 1840 g/mol. The van der Waals surface area contributed by atoms with Gasteiger partial charge < -0.3 is 74.7 Å². The molecule has 28 heteroatoms. The number of hydrogen-bond donors (Lipinski definition) is 4. The number of fused-ring (bicyclic) bond motifs is 2. The molecule has 4 fully saturated rings. The molecular formula is C102H129Cl3F3N13O9. The first-order valence-corrected chi connectivity index (χ1v) is 47.4. The molecule has 698 valence electrons. The highest BCUT2D eigenvalue weighted by molar-refractivity contribution is 6.42. The van der Waals surface area contributed by atoms with Crippen molar-refractivity contribution in [1.29, 1.82) is 0 Å². The van der Waals surface area contributed by atoms with Crippen LogP contribution in [0.3, 0.4) is 0 Å². The lowest BCUT2D eigenvalue weighted by atomic mass is 10.00. The van der Waals surface area contributed by atoms with Crippen LogP contribution in [-0.2, 0) is 26.2 Å². The highest BCUT2D eigenvalue weighted by Crippen LogP contribution is 2.37. The van der Waals surface area contributed by atoms with Gasteiger partial charge >= 0.3 is 30.5 Å². The van der Waals surface area contributed by atoms with Crippen LogP contribution in [0.25, 0.3) is 10.8 Å². The molecule has 5 heterocycles. The van der Waals surface area contributed by atoms with Gasteiger partial charge in [0.25, 0.3) is 5.69 Å². The third kappa shape index (κ3) is 30.3. The summed E-state index contributed by atoms with van der Waals surface area (Å²) in [6.45, 7) is 28.1. The van der Waals surface area contributed by atoms with Crippen LogP contribution in [0.1, 0.15) is 180 Å². The van der Waals surface area contributed by atoms with E-state index < -0.39 is 11.3 Å². The van der Waals surface area contributed by atoms with Gasteiger partial charge in [0.1, 0.15) is 10.8 Å². The molecule has 5 aliphatic heterocycles. The Morgan fingerprint density at radius 3 is 1.13 bits per heavy atom. The fourth-order valence-corrected chi connectivity index (χ4v) is 18.6. The van der Waals surface area contributed by atoms with Crippen LogP contribution in [0.4, 0.5) is 60.8 Å². The molecule has 4 N–H and O–H groups in total. The second-order valence-electron chi connectivity index (χ2n) is 34.7. The standard InChI is InChI=1S/C28H35N3O.C25H31Cl2N3O3.C25H32F3N3O2.C24H31ClN4O3/c1-3-9-22(2)30-18-16-27(17-19-30)31(21-23-10-5-4-6-11-23)28(32)29-26-15-14-24-12-7-8-13-25(24)20-26;1-3-4-17(2)29-11-9-20(10-12-29)30(15-18-5-8-23-24(13-18)33-16-32-23)25(31)28-19-6-7-21(26)22(27)14-19;1-3-8-19(2)30-15-13-22(14-16-30)31(18-20-9-5-4-6-10-20)24(32)29-21-11-7-12-23(17-21)33-25(26,27)28;1-3-7-18(2)27-14-12-21(13-15-27)28(17-19-8-5-4-6-9-19)24(30)26-20-10-11-22(25)23(16-20)29(31)32/h4-8,10-15,20,22,27H,3,9,16-19,21H2,1-2H3,(H,29,32);5-8,13-14,17,20H,3-4,9-12,15-16H2,1-2H3,(H,28,31);4-7,9-12,17,19,22H,3,8,13-16,18H2,1-2H3,(H,29,32);4-6,8-11,16,18,21H,3,7,12-15,17H2,1-2H3,(H,26,30). The maximum atomic E-state index is 13.5. The second kappa shape index (κ2) is 50.3. The SMILES string of the molecule is CCCC(C)N1CCC(N(Cc2ccc3c(c2)OCO3)C(=O)Nc2ccc(Cl)c(Cl)c2)CC1.CCCC(C)N1CCC(N(Cc2ccccc2)C(=O)Nc2ccc(Cl)c([N+](=O)[O-])c2)CC1.CCCC(C)N1CCC(N(Cc2ccccc2)C(=O)Nc2ccc3ccccc3c2)CC1.CCCC(C)N1CCC(N(Cc2ccccc2)C(=O)Nc2cccc(OC(F)(F)F)c2)CC1. The maximum absolute atomic E-state index is 13.5. The van der Waals surface area contributed by atoms with Crippen LogP contribution in [0, 0.1) is 10.1 Å². The maximum Gasteiger partial charge on any atom is 0.573 e. The van der Waals surface area contributed by atoms with E-state index in [1.165, 1.54) is 73.4 Å². The number of nitro benzene ring substituents is 1. The number of nitro groups is 1. The van der Waals surface area contributed by atoms with Gasteiger partial charge in [-0.25, -0.2) is 19.2 Å². The molecule has 4 saturated heterocycles. The van der Waals surface area contributed by atoms with E-state index in [0.717, 1.165) is 162 Å². The van der Waals surface area contributed by atoms with Gasteiger partial charge in [-0.15, -0.1) is 13.2 Å². The molecule has 130 heavy (non-hydrogen) atoms. The first-order chi connectivity index (χ1) is 62.7. The number of carbonyl (C=O) groups excluding carboxylic acids is 4. The molecule has 4 atom stereocenters. The smallest absolute Gasteiger partial charge is 0.454 e. The van der Waals surface area contributed by atoms with Crippen LogP contribution in [0.5, 0.6) is 17.2 Å². The Hall–Kier alpha value is -10.4. The summed E-state index contributed by atoms with van der Waals surface area (Å²) >= 11 is 18.1. The zero-order valence-corrected chi connectivity index (χ0v) is 78.6. The summed E-state index contributed by atoms with van der Waals surface area (Å²) in [5, 5.41) is 26.2. The number of benzene rings is 9. The van der Waals surface area contributed by atoms with Crippen molar-refractivity contribution in [2.24, 2.45) is 0 Å². The molecule has 0 saturated carbocycles. The Labute approximate surface area is 780 Å². The Morgan fingerprint density at radius 2 is 0.746 bits per heavy atom. The van der Waals surface area contributed by atoms with E-state index in [4.69, 9.17) is 44.3 Å². The van der Waals surface area contributed by atoms with Gasteiger partial charge in [-0.05, 0) is 205 Å². The van der Waals surface area contributed by atoms with Crippen LogP contribution < -0.4 is 35.5 Å². The number of likely N-dealkylation sites (tertiary alicyclic amines) is 4. The van der Waals surface area contributed by atoms with E-state index in [9.17, 15) is 42.5 Å². The summed E-state index contributed by atoms with van der Waals surface area (Å²) in [5.74, 6) is 1.09. The largest absolute Gasteiger partial charge is 0.573 e. The quantitative estimate of drug-likeness (QED) is 0.0244. The molecule has 5 aliphatic rings. The summed E-state index contributed by atoms with van der Waals surface area (Å²) in [6.07, 6.45) is 12.1. The number of urea groups is 4. The average Bonchev–Trinajstić information content (AvgIpc) is 1.30. The van der Waals surface area contributed by atoms with Gasteiger partial charge in [-0.1, -0.05) is 222 Å². The van der Waals surface area contributed by atoms with E-state index in [0.29, 0.717) is 71.8 Å². The van der Waals surface area contributed by atoms with E-state index >= 15 is 0 Å². The van der Waals surface area contributed by atoms with Crippen molar-refractivity contribution < 1.29 is 51.5 Å². The number of alkyl halides is 3. The topological polar surface area (TPSA) is 213 Å². The number of ether oxygens (including phenoxy) is 3. The van der Waals surface area contributed by atoms with Gasteiger partial charge in [-0.3, -0.25) is 10.1 Å². The number of halogens is 6. The van der Waals surface area contributed by atoms with Crippen LogP contribution in [0.15, 0.2) is 212 Å². The normalized spacial score (nSPS) is 16.3. The van der Waals surface area contributed by atoms with E-state index in [-0.39, 0.29) is 77.2 Å². The van der Waals surface area contributed by atoms with Crippen LogP contribution in [-0.4, -0.2) is 182 Å². The highest BCUT2D eigenvalue weighted by atomic mass is 35.5.